The Morgan fingerprint density at radius 2 is 2.15 bits per heavy atom. The predicted molar refractivity (Wildman–Crippen MR) is 74.3 cm³/mol. The molecule has 0 aliphatic heterocycles. The number of benzene rings is 1. The van der Waals surface area contributed by atoms with Crippen LogP contribution in [0, 0.1) is 11.3 Å². The summed E-state index contributed by atoms with van der Waals surface area (Å²) in [6.07, 6.45) is 0.606. The molecular weight excluding hydrogens is 278 g/mol. The number of hydrogen-bond donors (Lipinski definition) is 1. The maximum absolute atomic E-state index is 10.4. The van der Waals surface area contributed by atoms with Crippen molar-refractivity contribution < 1.29 is 9.84 Å². The predicted octanol–water partition coefficient (Wildman–Crippen LogP) is 2.14. The van der Waals surface area contributed by atoms with E-state index in [1.165, 1.54) is 6.20 Å². The van der Waals surface area contributed by atoms with Crippen LogP contribution >= 0.6 is 11.6 Å². The lowest BCUT2D eigenvalue weighted by atomic mass is 10.0. The van der Waals surface area contributed by atoms with E-state index >= 15 is 0 Å². The number of hydrogen-bond acceptors (Lipinski definition) is 4. The first-order valence-corrected chi connectivity index (χ1v) is 6.43. The molecule has 1 aromatic heterocycles. The van der Waals surface area contributed by atoms with Gasteiger partial charge >= 0.3 is 0 Å². The highest BCUT2D eigenvalue weighted by Crippen LogP contribution is 2.28. The van der Waals surface area contributed by atoms with Crippen LogP contribution in [0.3, 0.4) is 0 Å². The highest BCUT2D eigenvalue weighted by molar-refractivity contribution is 6.31. The Morgan fingerprint density at radius 3 is 2.75 bits per heavy atom. The fraction of sp³-hybridized carbons (Fsp3) is 0.286. The zero-order chi connectivity index (χ0) is 14.5. The first kappa shape index (κ1) is 14.5. The number of ether oxygens (including phenoxy) is 1. The maximum Gasteiger partial charge on any atom is 0.122 e. The third kappa shape index (κ3) is 2.99. The fourth-order valence-electron chi connectivity index (χ4n) is 1.90. The van der Waals surface area contributed by atoms with Crippen molar-refractivity contribution in [2.24, 2.45) is 0 Å². The van der Waals surface area contributed by atoms with Gasteiger partial charge in [-0.2, -0.15) is 10.4 Å². The second-order valence-electron chi connectivity index (χ2n) is 4.23. The summed E-state index contributed by atoms with van der Waals surface area (Å²) in [5.41, 5.74) is 1.72. The van der Waals surface area contributed by atoms with Gasteiger partial charge in [-0.05, 0) is 17.7 Å². The van der Waals surface area contributed by atoms with Gasteiger partial charge in [0.1, 0.15) is 6.10 Å². The molecule has 0 fully saturated rings. The van der Waals surface area contributed by atoms with Crippen molar-refractivity contribution >= 4 is 11.6 Å². The normalized spacial score (nSPS) is 12.1. The van der Waals surface area contributed by atoms with Crippen molar-refractivity contribution in [3.05, 3.63) is 52.3 Å². The summed E-state index contributed by atoms with van der Waals surface area (Å²) >= 11 is 6.09. The summed E-state index contributed by atoms with van der Waals surface area (Å²) in [5, 5.41) is 23.7. The van der Waals surface area contributed by atoms with Crippen molar-refractivity contribution in [2.75, 3.05) is 13.7 Å². The molecule has 5 nitrogen and oxygen atoms in total. The molecule has 0 amide bonds. The standard InChI is InChI=1S/C14H14ClN3O2/c1-20-7-6-18-13(12(15)9-17-18)14(19)11-4-2-10(8-16)3-5-11/h2-5,9,14,19H,6-7H2,1H3. The molecule has 2 rings (SSSR count). The Balaban J connectivity index is 2.29. The zero-order valence-electron chi connectivity index (χ0n) is 11.0. The van der Waals surface area contributed by atoms with Crippen molar-refractivity contribution in [1.82, 2.24) is 9.78 Å². The topological polar surface area (TPSA) is 71.1 Å². The fourth-order valence-corrected chi connectivity index (χ4v) is 2.14. The Morgan fingerprint density at radius 1 is 1.45 bits per heavy atom. The van der Waals surface area contributed by atoms with Crippen LogP contribution in [0.25, 0.3) is 0 Å². The number of nitriles is 1. The molecule has 104 valence electrons. The third-order valence-corrected chi connectivity index (χ3v) is 3.25. The van der Waals surface area contributed by atoms with Crippen molar-refractivity contribution in [2.45, 2.75) is 12.6 Å². The minimum absolute atomic E-state index is 0.401. The van der Waals surface area contributed by atoms with Gasteiger partial charge in [0, 0.05) is 7.11 Å². The average molecular weight is 292 g/mol. The lowest BCUT2D eigenvalue weighted by Gasteiger charge is -2.14. The number of methoxy groups -OCH3 is 1. The maximum atomic E-state index is 10.4. The van der Waals surface area contributed by atoms with Crippen molar-refractivity contribution in [3.8, 4) is 6.07 Å². The van der Waals surface area contributed by atoms with Gasteiger partial charge < -0.3 is 9.84 Å². The quantitative estimate of drug-likeness (QED) is 0.916. The second-order valence-corrected chi connectivity index (χ2v) is 4.64. The molecule has 6 heteroatoms. The molecule has 1 N–H and O–H groups in total. The molecule has 1 heterocycles. The molecule has 0 aliphatic rings. The van der Waals surface area contributed by atoms with E-state index in [9.17, 15) is 5.11 Å². The molecule has 1 aromatic carbocycles. The average Bonchev–Trinajstić information content (AvgIpc) is 2.85. The van der Waals surface area contributed by atoms with Crippen LogP contribution in [-0.4, -0.2) is 28.6 Å². The number of aliphatic hydroxyl groups excluding tert-OH is 1. The number of rotatable bonds is 5. The molecule has 0 spiro atoms. The minimum atomic E-state index is -0.894. The molecule has 1 atom stereocenters. The zero-order valence-corrected chi connectivity index (χ0v) is 11.7. The summed E-state index contributed by atoms with van der Waals surface area (Å²) in [6.45, 7) is 0.983. The summed E-state index contributed by atoms with van der Waals surface area (Å²) in [4.78, 5) is 0. The summed E-state index contributed by atoms with van der Waals surface area (Å²) in [7, 11) is 1.60. The minimum Gasteiger partial charge on any atom is -0.383 e. The van der Waals surface area contributed by atoms with E-state index in [2.05, 4.69) is 5.10 Å². The van der Waals surface area contributed by atoms with Gasteiger partial charge in [-0.3, -0.25) is 4.68 Å². The number of halogens is 1. The second kappa shape index (κ2) is 6.53. The molecule has 0 bridgehead atoms. The highest BCUT2D eigenvalue weighted by atomic mass is 35.5. The van der Waals surface area contributed by atoms with Crippen molar-refractivity contribution in [3.63, 3.8) is 0 Å². The Labute approximate surface area is 122 Å². The van der Waals surface area contributed by atoms with Gasteiger partial charge in [-0.15, -0.1) is 0 Å². The summed E-state index contributed by atoms with van der Waals surface area (Å²) < 4.78 is 6.62. The van der Waals surface area contributed by atoms with E-state index in [4.69, 9.17) is 21.6 Å². The Hall–Kier alpha value is -1.87. The molecule has 0 saturated heterocycles. The highest BCUT2D eigenvalue weighted by Gasteiger charge is 2.19. The van der Waals surface area contributed by atoms with Gasteiger partial charge in [0.2, 0.25) is 0 Å². The summed E-state index contributed by atoms with van der Waals surface area (Å²) in [6, 6.07) is 8.75. The lowest BCUT2D eigenvalue weighted by Crippen LogP contribution is -2.13. The van der Waals surface area contributed by atoms with E-state index in [-0.39, 0.29) is 0 Å². The van der Waals surface area contributed by atoms with E-state index in [0.717, 1.165) is 0 Å². The largest absolute Gasteiger partial charge is 0.383 e. The van der Waals surface area contributed by atoms with Crippen LogP contribution in [0.15, 0.2) is 30.5 Å². The molecule has 0 aliphatic carbocycles. The Kier molecular flexibility index (Phi) is 4.74. The van der Waals surface area contributed by atoms with Crippen LogP contribution < -0.4 is 0 Å². The van der Waals surface area contributed by atoms with E-state index in [1.807, 2.05) is 6.07 Å². The van der Waals surface area contributed by atoms with Gasteiger partial charge in [0.05, 0.1) is 41.7 Å². The molecule has 1 unspecified atom stereocenters. The molecule has 20 heavy (non-hydrogen) atoms. The number of aliphatic hydroxyl groups is 1. The number of aromatic nitrogens is 2. The van der Waals surface area contributed by atoms with E-state index < -0.39 is 6.10 Å². The molecule has 0 saturated carbocycles. The van der Waals surface area contributed by atoms with Gasteiger partial charge in [0.15, 0.2) is 0 Å². The number of nitrogens with zero attached hydrogens (tertiary/aromatic N) is 3. The van der Waals surface area contributed by atoms with Gasteiger partial charge in [-0.25, -0.2) is 0 Å². The third-order valence-electron chi connectivity index (χ3n) is 2.95. The molecular formula is C14H14ClN3O2. The van der Waals surface area contributed by atoms with Crippen molar-refractivity contribution in [1.29, 1.82) is 5.26 Å². The van der Waals surface area contributed by atoms with E-state index in [0.29, 0.717) is 35.0 Å². The summed E-state index contributed by atoms with van der Waals surface area (Å²) in [5.74, 6) is 0. The Bertz CT molecular complexity index is 616. The SMILES string of the molecule is COCCn1ncc(Cl)c1C(O)c1ccc(C#N)cc1. The van der Waals surface area contributed by atoms with Crippen LogP contribution in [-0.2, 0) is 11.3 Å². The molecule has 2 aromatic rings. The van der Waals surface area contributed by atoms with Gasteiger partial charge in [0.25, 0.3) is 0 Å². The van der Waals surface area contributed by atoms with Crippen LogP contribution in [0.5, 0.6) is 0 Å². The monoisotopic (exact) mass is 291 g/mol. The van der Waals surface area contributed by atoms with Crippen LogP contribution in [0.1, 0.15) is 22.9 Å². The van der Waals surface area contributed by atoms with Crippen LogP contribution in [0.2, 0.25) is 5.02 Å². The van der Waals surface area contributed by atoms with Crippen LogP contribution in [0.4, 0.5) is 0 Å². The first-order valence-electron chi connectivity index (χ1n) is 6.05. The lowest BCUT2D eigenvalue weighted by molar-refractivity contribution is 0.171. The molecule has 0 radical (unpaired) electrons. The van der Waals surface area contributed by atoms with Gasteiger partial charge in [-0.1, -0.05) is 23.7 Å². The smallest absolute Gasteiger partial charge is 0.122 e. The first-order chi connectivity index (χ1) is 9.67. The van der Waals surface area contributed by atoms with E-state index in [1.54, 1.807) is 36.1 Å².